The largest absolute Gasteiger partial charge is 0.442 e. The van der Waals surface area contributed by atoms with Crippen LogP contribution < -0.4 is 0 Å². The molecule has 0 aliphatic heterocycles. The highest BCUT2D eigenvalue weighted by Crippen LogP contribution is 2.30. The fraction of sp³-hybridized carbons (Fsp3) is 0.615. The lowest BCUT2D eigenvalue weighted by atomic mass is 9.93. The minimum atomic E-state index is 0.0312. The number of aromatic nitrogens is 2. The monoisotopic (exact) mass is 220 g/mol. The topological polar surface area (TPSA) is 41.8 Å². The average Bonchev–Trinajstić information content (AvgIpc) is 2.53. The van der Waals surface area contributed by atoms with E-state index in [0.717, 1.165) is 22.8 Å². The molecule has 1 N–H and O–H groups in total. The molecule has 0 aliphatic carbocycles. The van der Waals surface area contributed by atoms with E-state index in [9.17, 15) is 0 Å². The van der Waals surface area contributed by atoms with E-state index in [1.807, 2.05) is 6.07 Å². The van der Waals surface area contributed by atoms with Gasteiger partial charge in [-0.2, -0.15) is 0 Å². The van der Waals surface area contributed by atoms with Gasteiger partial charge in [-0.1, -0.05) is 41.5 Å². The molecule has 0 unspecified atom stereocenters. The number of hydrogen-bond donors (Lipinski definition) is 1. The molecule has 0 fully saturated rings. The van der Waals surface area contributed by atoms with Gasteiger partial charge >= 0.3 is 0 Å². The molecule has 0 bridgehead atoms. The highest BCUT2D eigenvalue weighted by molar-refractivity contribution is 5.70. The smallest absolute Gasteiger partial charge is 0.224 e. The van der Waals surface area contributed by atoms with E-state index in [0.29, 0.717) is 0 Å². The van der Waals surface area contributed by atoms with Crippen molar-refractivity contribution in [3.8, 4) is 0 Å². The van der Waals surface area contributed by atoms with E-state index in [2.05, 4.69) is 51.5 Å². The third kappa shape index (κ3) is 1.86. The van der Waals surface area contributed by atoms with Gasteiger partial charge in [0.1, 0.15) is 17.1 Å². The van der Waals surface area contributed by atoms with Gasteiger partial charge < -0.3 is 9.40 Å². The van der Waals surface area contributed by atoms with Crippen molar-refractivity contribution < 1.29 is 4.42 Å². The molecule has 0 saturated carbocycles. The second-order valence-electron chi connectivity index (χ2n) is 6.41. The minimum absolute atomic E-state index is 0.0312. The highest BCUT2D eigenvalue weighted by atomic mass is 16.3. The summed E-state index contributed by atoms with van der Waals surface area (Å²) >= 11 is 0. The molecule has 3 nitrogen and oxygen atoms in total. The third-order valence-corrected chi connectivity index (χ3v) is 2.63. The molecule has 0 aliphatic rings. The molecule has 0 aromatic carbocycles. The van der Waals surface area contributed by atoms with Crippen molar-refractivity contribution in [1.29, 1.82) is 0 Å². The predicted octanol–water partition coefficient (Wildman–Crippen LogP) is 3.75. The number of nitrogens with zero attached hydrogens (tertiary/aromatic N) is 1. The first-order chi connectivity index (χ1) is 7.18. The molecule has 3 heteroatoms. The number of H-pyrrole nitrogens is 1. The zero-order valence-corrected chi connectivity index (χ0v) is 10.9. The number of hydrogen-bond acceptors (Lipinski definition) is 2. The number of fused-ring (bicyclic) bond motifs is 1. The molecule has 16 heavy (non-hydrogen) atoms. The van der Waals surface area contributed by atoms with Gasteiger partial charge in [-0.15, -0.1) is 0 Å². The zero-order valence-electron chi connectivity index (χ0n) is 10.9. The van der Waals surface area contributed by atoms with Crippen LogP contribution in [0.15, 0.2) is 10.5 Å². The Hall–Kier alpha value is -1.25. The summed E-state index contributed by atoms with van der Waals surface area (Å²) in [5.41, 5.74) is 1.78. The Labute approximate surface area is 96.3 Å². The van der Waals surface area contributed by atoms with E-state index >= 15 is 0 Å². The lowest BCUT2D eigenvalue weighted by Crippen LogP contribution is -2.13. The van der Waals surface area contributed by atoms with Crippen molar-refractivity contribution >= 4 is 11.2 Å². The lowest BCUT2D eigenvalue weighted by Gasteiger charge is -2.15. The molecule has 2 aromatic rings. The highest BCUT2D eigenvalue weighted by Gasteiger charge is 2.23. The van der Waals surface area contributed by atoms with Crippen LogP contribution in [0.25, 0.3) is 11.2 Å². The molecular formula is C13H20N2O. The van der Waals surface area contributed by atoms with Crippen molar-refractivity contribution in [2.45, 2.75) is 52.4 Å². The first-order valence-electron chi connectivity index (χ1n) is 5.68. The summed E-state index contributed by atoms with van der Waals surface area (Å²) < 4.78 is 5.79. The zero-order chi connectivity index (χ0) is 12.1. The molecule has 0 spiro atoms. The number of aromatic amines is 1. The Balaban J connectivity index is 2.49. The van der Waals surface area contributed by atoms with Crippen molar-refractivity contribution in [1.82, 2.24) is 9.97 Å². The first kappa shape index (κ1) is 11.2. The third-order valence-electron chi connectivity index (χ3n) is 2.63. The van der Waals surface area contributed by atoms with Crippen LogP contribution in [0.3, 0.4) is 0 Å². The van der Waals surface area contributed by atoms with Crippen molar-refractivity contribution in [3.05, 3.63) is 17.7 Å². The summed E-state index contributed by atoms with van der Waals surface area (Å²) in [5.74, 6) is 1.95. The molecule has 2 heterocycles. The average molecular weight is 220 g/mol. The fourth-order valence-electron chi connectivity index (χ4n) is 1.53. The van der Waals surface area contributed by atoms with Crippen molar-refractivity contribution in [3.63, 3.8) is 0 Å². The maximum atomic E-state index is 5.79. The van der Waals surface area contributed by atoms with Crippen LogP contribution in [0, 0.1) is 0 Å². The number of nitrogens with one attached hydrogen (secondary N) is 1. The van der Waals surface area contributed by atoms with Crippen LogP contribution in [0.5, 0.6) is 0 Å². The van der Waals surface area contributed by atoms with Crippen LogP contribution >= 0.6 is 0 Å². The summed E-state index contributed by atoms with van der Waals surface area (Å²) in [4.78, 5) is 7.82. The van der Waals surface area contributed by atoms with E-state index in [1.165, 1.54) is 0 Å². The minimum Gasteiger partial charge on any atom is -0.442 e. The molecule has 2 aromatic heterocycles. The van der Waals surface area contributed by atoms with Crippen LogP contribution in [0.2, 0.25) is 0 Å². The number of furan rings is 1. The second-order valence-corrected chi connectivity index (χ2v) is 6.41. The maximum Gasteiger partial charge on any atom is 0.224 e. The van der Waals surface area contributed by atoms with Gasteiger partial charge in [0.05, 0.1) is 0 Å². The van der Waals surface area contributed by atoms with E-state index in [4.69, 9.17) is 4.42 Å². The Kier molecular flexibility index (Phi) is 2.19. The van der Waals surface area contributed by atoms with Gasteiger partial charge in [-0.05, 0) is 0 Å². The van der Waals surface area contributed by atoms with Gasteiger partial charge in [0, 0.05) is 16.9 Å². The molecule has 2 rings (SSSR count). The van der Waals surface area contributed by atoms with E-state index < -0.39 is 0 Å². The number of imidazole rings is 1. The predicted molar refractivity (Wildman–Crippen MR) is 65.8 cm³/mol. The Morgan fingerprint density at radius 1 is 1.06 bits per heavy atom. The molecular weight excluding hydrogens is 200 g/mol. The Bertz CT molecular complexity index is 431. The van der Waals surface area contributed by atoms with E-state index in [-0.39, 0.29) is 10.8 Å². The van der Waals surface area contributed by atoms with E-state index in [1.54, 1.807) is 0 Å². The Morgan fingerprint density at radius 2 is 1.69 bits per heavy atom. The number of rotatable bonds is 0. The van der Waals surface area contributed by atoms with Crippen LogP contribution in [-0.2, 0) is 10.8 Å². The molecule has 0 amide bonds. The van der Waals surface area contributed by atoms with Gasteiger partial charge in [0.25, 0.3) is 0 Å². The quantitative estimate of drug-likeness (QED) is 0.734. The van der Waals surface area contributed by atoms with Crippen LogP contribution in [0.4, 0.5) is 0 Å². The normalized spacial score (nSPS) is 13.6. The summed E-state index contributed by atoms with van der Waals surface area (Å²) in [6, 6.07) is 2.03. The molecule has 0 radical (unpaired) electrons. The van der Waals surface area contributed by atoms with Crippen LogP contribution in [0.1, 0.15) is 53.1 Å². The van der Waals surface area contributed by atoms with Crippen molar-refractivity contribution in [2.75, 3.05) is 0 Å². The van der Waals surface area contributed by atoms with Gasteiger partial charge in [0.15, 0.2) is 0 Å². The summed E-state index contributed by atoms with van der Waals surface area (Å²) in [6.45, 7) is 12.8. The van der Waals surface area contributed by atoms with Crippen LogP contribution in [-0.4, -0.2) is 9.97 Å². The SMILES string of the molecule is CC(C)(C)c1nc2cc(C(C)(C)C)oc2[nH]1. The molecule has 0 saturated heterocycles. The summed E-state index contributed by atoms with van der Waals surface area (Å²) in [6.07, 6.45) is 0. The van der Waals surface area contributed by atoms with Gasteiger partial charge in [0.2, 0.25) is 5.71 Å². The van der Waals surface area contributed by atoms with Gasteiger partial charge in [-0.25, -0.2) is 4.98 Å². The first-order valence-corrected chi connectivity index (χ1v) is 5.68. The molecule has 88 valence electrons. The Morgan fingerprint density at radius 3 is 2.12 bits per heavy atom. The summed E-state index contributed by atoms with van der Waals surface area (Å²) in [7, 11) is 0. The lowest BCUT2D eigenvalue weighted by molar-refractivity contribution is 0.424. The molecule has 0 atom stereocenters. The maximum absolute atomic E-state index is 5.79. The second kappa shape index (κ2) is 3.12. The van der Waals surface area contributed by atoms with Crippen molar-refractivity contribution in [2.24, 2.45) is 0 Å². The summed E-state index contributed by atoms with van der Waals surface area (Å²) in [5, 5.41) is 0. The standard InChI is InChI=1S/C13H20N2O/c1-12(2,3)9-7-8-10(16-9)15-11(14-8)13(4,5)6/h7H,1-6H3,(H,14,15). The van der Waals surface area contributed by atoms with Gasteiger partial charge in [-0.3, -0.25) is 0 Å². The fourth-order valence-corrected chi connectivity index (χ4v) is 1.53.